The predicted octanol–water partition coefficient (Wildman–Crippen LogP) is 1.94. The molecule has 22 heavy (non-hydrogen) atoms. The second kappa shape index (κ2) is 6.11. The number of anilines is 1. The zero-order chi connectivity index (χ0) is 15.9. The van der Waals surface area contributed by atoms with Crippen LogP contribution in [0.2, 0.25) is 0 Å². The molecule has 5 nitrogen and oxygen atoms in total. The first kappa shape index (κ1) is 16.2. The van der Waals surface area contributed by atoms with Crippen LogP contribution in [-0.2, 0) is 27.6 Å². The smallest absolute Gasteiger partial charge is 0.256 e. The van der Waals surface area contributed by atoms with Gasteiger partial charge in [0.05, 0.1) is 5.69 Å². The highest BCUT2D eigenvalue weighted by molar-refractivity contribution is 7.90. The van der Waals surface area contributed by atoms with Crippen molar-refractivity contribution in [2.45, 2.75) is 24.3 Å². The fourth-order valence-corrected chi connectivity index (χ4v) is 5.27. The van der Waals surface area contributed by atoms with Gasteiger partial charge in [0.25, 0.3) is 0 Å². The molecule has 0 amide bonds. The summed E-state index contributed by atoms with van der Waals surface area (Å²) in [7, 11) is -4.61. The van der Waals surface area contributed by atoms with E-state index in [1.165, 1.54) is 8.61 Å². The average molecular weight is 363 g/mol. The Morgan fingerprint density at radius 2 is 2.09 bits per heavy atom. The van der Waals surface area contributed by atoms with Gasteiger partial charge in [-0.25, -0.2) is 0 Å². The number of benzene rings is 1. The maximum atomic E-state index is 12.8. The summed E-state index contributed by atoms with van der Waals surface area (Å²) in [6.45, 7) is 1.14. The van der Waals surface area contributed by atoms with Crippen LogP contribution < -0.4 is 4.31 Å². The SMILES string of the molecule is CS(=O)c1ccc2c(c1)CN(CC1CC1)S(=O)(=O)N2CCCl. The van der Waals surface area contributed by atoms with Crippen LogP contribution in [0.15, 0.2) is 23.1 Å². The van der Waals surface area contributed by atoms with Crippen LogP contribution >= 0.6 is 11.6 Å². The van der Waals surface area contributed by atoms with E-state index in [0.29, 0.717) is 24.7 Å². The molecule has 1 heterocycles. The highest BCUT2D eigenvalue weighted by Gasteiger charge is 2.39. The Labute approximate surface area is 138 Å². The molecule has 1 saturated carbocycles. The van der Waals surface area contributed by atoms with Crippen LogP contribution in [0.5, 0.6) is 0 Å². The molecule has 1 aromatic carbocycles. The van der Waals surface area contributed by atoms with Gasteiger partial charge in [0.1, 0.15) is 0 Å². The highest BCUT2D eigenvalue weighted by atomic mass is 35.5. The lowest BCUT2D eigenvalue weighted by Gasteiger charge is -2.37. The maximum Gasteiger partial charge on any atom is 0.304 e. The molecule has 1 aliphatic heterocycles. The first-order valence-corrected chi connectivity index (χ1v) is 10.7. The molecule has 0 bridgehead atoms. The lowest BCUT2D eigenvalue weighted by molar-refractivity contribution is 0.382. The van der Waals surface area contributed by atoms with Crippen molar-refractivity contribution in [1.82, 2.24) is 4.31 Å². The summed E-state index contributed by atoms with van der Waals surface area (Å²) in [5.41, 5.74) is 1.55. The molecule has 2 aliphatic rings. The number of rotatable bonds is 5. The van der Waals surface area contributed by atoms with Crippen LogP contribution in [-0.4, -0.2) is 42.2 Å². The molecule has 0 saturated heterocycles. The molecule has 0 spiro atoms. The minimum atomic E-state index is -3.52. The maximum absolute atomic E-state index is 12.8. The van der Waals surface area contributed by atoms with Crippen molar-refractivity contribution in [3.05, 3.63) is 23.8 Å². The fraction of sp³-hybridized carbons (Fsp3) is 0.571. The third kappa shape index (κ3) is 3.04. The van der Waals surface area contributed by atoms with E-state index in [-0.39, 0.29) is 12.4 Å². The van der Waals surface area contributed by atoms with Crippen LogP contribution in [0.1, 0.15) is 18.4 Å². The Bertz CT molecular complexity index is 704. The van der Waals surface area contributed by atoms with Gasteiger partial charge in [-0.3, -0.25) is 8.51 Å². The second-order valence-electron chi connectivity index (χ2n) is 5.75. The van der Waals surface area contributed by atoms with Gasteiger partial charge in [-0.15, -0.1) is 11.6 Å². The number of halogens is 1. The summed E-state index contributed by atoms with van der Waals surface area (Å²) in [4.78, 5) is 0.718. The summed E-state index contributed by atoms with van der Waals surface area (Å²) in [6.07, 6.45) is 3.81. The first-order chi connectivity index (χ1) is 10.4. The number of fused-ring (bicyclic) bond motifs is 1. The summed E-state index contributed by atoms with van der Waals surface area (Å²) in [5, 5.41) is 0. The Hall–Kier alpha value is -0.630. The van der Waals surface area contributed by atoms with Crippen molar-refractivity contribution in [2.24, 2.45) is 5.92 Å². The lowest BCUT2D eigenvalue weighted by atomic mass is 10.1. The molecule has 0 N–H and O–H groups in total. The van der Waals surface area contributed by atoms with Crippen LogP contribution in [0.4, 0.5) is 5.69 Å². The van der Waals surface area contributed by atoms with Crippen molar-refractivity contribution in [2.75, 3.05) is 29.5 Å². The number of nitrogens with zero attached hydrogens (tertiary/aromatic N) is 2. The molecule has 1 aromatic rings. The predicted molar refractivity (Wildman–Crippen MR) is 88.9 cm³/mol. The summed E-state index contributed by atoms with van der Waals surface area (Å²) >= 11 is 5.80. The minimum absolute atomic E-state index is 0.234. The van der Waals surface area contributed by atoms with E-state index in [0.717, 1.165) is 23.3 Å². The topological polar surface area (TPSA) is 57.7 Å². The monoisotopic (exact) mass is 362 g/mol. The van der Waals surface area contributed by atoms with E-state index < -0.39 is 21.0 Å². The molecule has 1 fully saturated rings. The molecule has 3 rings (SSSR count). The third-order valence-electron chi connectivity index (χ3n) is 4.05. The number of hydrogen-bond acceptors (Lipinski definition) is 3. The standard InChI is InChI=1S/C14H19ClN2O3S2/c1-21(18)13-4-5-14-12(8-13)10-16(9-11-2-3-11)22(19,20)17(14)7-6-15/h4-5,8,11H,2-3,6-7,9-10H2,1H3. The van der Waals surface area contributed by atoms with E-state index in [2.05, 4.69) is 0 Å². The molecule has 122 valence electrons. The van der Waals surface area contributed by atoms with E-state index in [1.54, 1.807) is 18.4 Å². The molecule has 8 heteroatoms. The molecule has 1 atom stereocenters. The molecule has 1 aliphatic carbocycles. The summed E-state index contributed by atoms with van der Waals surface area (Å²) in [5.74, 6) is 0.704. The third-order valence-corrected chi connectivity index (χ3v) is 7.00. The zero-order valence-corrected chi connectivity index (χ0v) is 14.8. The van der Waals surface area contributed by atoms with Gasteiger partial charge < -0.3 is 0 Å². The molecule has 1 unspecified atom stereocenters. The van der Waals surface area contributed by atoms with E-state index >= 15 is 0 Å². The van der Waals surface area contributed by atoms with Gasteiger partial charge in [0.15, 0.2) is 0 Å². The molecule has 0 radical (unpaired) electrons. The number of hydrogen-bond donors (Lipinski definition) is 0. The van der Waals surface area contributed by atoms with E-state index in [9.17, 15) is 12.6 Å². The van der Waals surface area contributed by atoms with E-state index in [1.807, 2.05) is 6.07 Å². The Morgan fingerprint density at radius 3 is 2.68 bits per heavy atom. The first-order valence-electron chi connectivity index (χ1n) is 7.23. The summed E-state index contributed by atoms with van der Waals surface area (Å²) < 4.78 is 40.1. The van der Waals surface area contributed by atoms with Gasteiger partial charge >= 0.3 is 10.2 Å². The second-order valence-corrected chi connectivity index (χ2v) is 9.36. The van der Waals surface area contributed by atoms with Gasteiger partial charge in [-0.05, 0) is 42.5 Å². The van der Waals surface area contributed by atoms with Crippen molar-refractivity contribution in [3.63, 3.8) is 0 Å². The Kier molecular flexibility index (Phi) is 4.51. The fourth-order valence-electron chi connectivity index (χ4n) is 2.71. The normalized spacial score (nSPS) is 22.4. The van der Waals surface area contributed by atoms with Crippen molar-refractivity contribution in [1.29, 1.82) is 0 Å². The van der Waals surface area contributed by atoms with Crippen LogP contribution in [0.25, 0.3) is 0 Å². The van der Waals surface area contributed by atoms with Crippen molar-refractivity contribution >= 4 is 38.3 Å². The van der Waals surface area contributed by atoms with E-state index in [4.69, 9.17) is 11.6 Å². The lowest BCUT2D eigenvalue weighted by Crippen LogP contribution is -2.49. The van der Waals surface area contributed by atoms with Crippen LogP contribution in [0, 0.1) is 5.92 Å². The van der Waals surface area contributed by atoms with Gasteiger partial charge in [-0.1, -0.05) is 0 Å². The van der Waals surface area contributed by atoms with Crippen LogP contribution in [0.3, 0.4) is 0 Å². The summed E-state index contributed by atoms with van der Waals surface area (Å²) in [6, 6.07) is 5.31. The Balaban J connectivity index is 2.03. The molecule has 0 aromatic heterocycles. The highest BCUT2D eigenvalue weighted by Crippen LogP contribution is 2.37. The Morgan fingerprint density at radius 1 is 1.36 bits per heavy atom. The average Bonchev–Trinajstić information content (AvgIpc) is 3.27. The molecular formula is C14H19ClN2O3S2. The van der Waals surface area contributed by atoms with Crippen molar-refractivity contribution in [3.8, 4) is 0 Å². The zero-order valence-electron chi connectivity index (χ0n) is 12.4. The van der Waals surface area contributed by atoms with Gasteiger partial charge in [-0.2, -0.15) is 12.7 Å². The number of alkyl halides is 1. The molecular weight excluding hydrogens is 344 g/mol. The largest absolute Gasteiger partial charge is 0.304 e. The van der Waals surface area contributed by atoms with Crippen molar-refractivity contribution < 1.29 is 12.6 Å². The van der Waals surface area contributed by atoms with Gasteiger partial charge in [0, 0.05) is 47.5 Å². The minimum Gasteiger partial charge on any atom is -0.256 e. The quantitative estimate of drug-likeness (QED) is 0.752. The van der Waals surface area contributed by atoms with Gasteiger partial charge in [0.2, 0.25) is 0 Å².